The zero-order chi connectivity index (χ0) is 46.6. The van der Waals surface area contributed by atoms with E-state index in [1.165, 1.54) is 54.5 Å². The zero-order valence-corrected chi connectivity index (χ0v) is 38.4. The van der Waals surface area contributed by atoms with E-state index in [1.807, 2.05) is 63.9 Å². The number of hydrogen-bond acceptors (Lipinski definition) is 11. The van der Waals surface area contributed by atoms with Crippen LogP contribution in [0, 0.1) is 6.92 Å². The van der Waals surface area contributed by atoms with Crippen LogP contribution < -0.4 is 14.5 Å². The summed E-state index contributed by atoms with van der Waals surface area (Å²) in [5.41, 5.74) is 3.28. The lowest BCUT2D eigenvalue weighted by Gasteiger charge is -2.33. The van der Waals surface area contributed by atoms with Crippen LogP contribution in [-0.4, -0.2) is 94.9 Å². The third-order valence-electron chi connectivity index (χ3n) is 10.7. The average Bonchev–Trinajstić information content (AvgIpc) is 3.96. The molecule has 0 bridgehead atoms. The van der Waals surface area contributed by atoms with Gasteiger partial charge in [-0.3, -0.25) is 0 Å². The van der Waals surface area contributed by atoms with Gasteiger partial charge in [-0.05, 0) is 55.0 Å². The Balaban J connectivity index is 0.000000194. The van der Waals surface area contributed by atoms with Gasteiger partial charge in [0.15, 0.2) is 10.3 Å². The number of hydrogen-bond donors (Lipinski definition) is 0. The number of alkyl halides is 6. The number of benzene rings is 4. The predicted octanol–water partition coefficient (Wildman–Crippen LogP) is 8.84. The lowest BCUT2D eigenvalue weighted by molar-refractivity contribution is -0.138. The van der Waals surface area contributed by atoms with Crippen molar-refractivity contribution in [2.24, 2.45) is 0 Å². The second-order valence-electron chi connectivity index (χ2n) is 15.2. The summed E-state index contributed by atoms with van der Waals surface area (Å²) in [7, 11) is -6.39. The van der Waals surface area contributed by atoms with Crippen LogP contribution in [0.25, 0.3) is 0 Å². The molecule has 6 aromatic rings. The minimum absolute atomic E-state index is 0.167. The molecule has 4 aromatic carbocycles. The molecule has 0 saturated carbocycles. The van der Waals surface area contributed by atoms with Crippen molar-refractivity contribution < 1.29 is 47.9 Å². The van der Waals surface area contributed by atoms with Crippen LogP contribution in [0.3, 0.4) is 0 Å². The van der Waals surface area contributed by atoms with E-state index in [0.717, 1.165) is 63.7 Å². The van der Waals surface area contributed by atoms with E-state index in [4.69, 9.17) is 9.72 Å². The van der Waals surface area contributed by atoms with Crippen molar-refractivity contribution in [2.75, 3.05) is 69.3 Å². The average molecular weight is 979 g/mol. The van der Waals surface area contributed by atoms with Gasteiger partial charge in [0.25, 0.3) is 0 Å². The molecule has 2 aromatic heterocycles. The van der Waals surface area contributed by atoms with E-state index in [1.54, 1.807) is 7.11 Å². The van der Waals surface area contributed by atoms with E-state index < -0.39 is 43.5 Å². The Morgan fingerprint density at radius 3 is 1.51 bits per heavy atom. The van der Waals surface area contributed by atoms with E-state index in [9.17, 15) is 43.2 Å². The topological polar surface area (TPSA) is 116 Å². The van der Waals surface area contributed by atoms with Crippen molar-refractivity contribution in [3.8, 4) is 5.75 Å². The maximum absolute atomic E-state index is 13.0. The third-order valence-corrected chi connectivity index (χ3v) is 16.4. The molecule has 2 fully saturated rings. The number of ether oxygens (including phenoxy) is 1. The number of aryl methyl sites for hydroxylation is 1. The lowest BCUT2D eigenvalue weighted by Crippen LogP contribution is -2.48. The SMILES string of the molecule is COc1ccccc1Cc1csc(N2CCN(S(=O)(=O)c3cccc(C(F)(F)F)c3)CC2)n1.Cc1cccc(Cc2csc(N3CCN(S(=O)(=O)c4cccc(C(F)(F)F)c4)CC3)n2)c1. The third kappa shape index (κ3) is 11.7. The van der Waals surface area contributed by atoms with Gasteiger partial charge in [0.1, 0.15) is 5.75 Å². The maximum atomic E-state index is 13.0. The Labute approximate surface area is 381 Å². The normalized spacial score (nSPS) is 15.7. The number of rotatable bonds is 11. The summed E-state index contributed by atoms with van der Waals surface area (Å²) in [6.45, 7) is 4.41. The summed E-state index contributed by atoms with van der Waals surface area (Å²) < 4.78 is 137. The first-order chi connectivity index (χ1) is 30.8. The molecular formula is C44H44F6N6O5S4. The van der Waals surface area contributed by atoms with E-state index >= 15 is 0 Å². The smallest absolute Gasteiger partial charge is 0.416 e. The fourth-order valence-corrected chi connectivity index (χ4v) is 12.0. The summed E-state index contributed by atoms with van der Waals surface area (Å²) in [4.78, 5) is 12.7. The lowest BCUT2D eigenvalue weighted by atomic mass is 10.1. The van der Waals surface area contributed by atoms with Crippen LogP contribution in [0.15, 0.2) is 118 Å². The molecule has 2 aliphatic heterocycles. The molecular weight excluding hydrogens is 935 g/mol. The van der Waals surface area contributed by atoms with Gasteiger partial charge < -0.3 is 14.5 Å². The number of aromatic nitrogens is 2. The van der Waals surface area contributed by atoms with E-state index in [2.05, 4.69) is 17.1 Å². The number of thiazole rings is 2. The van der Waals surface area contributed by atoms with Crippen molar-refractivity contribution >= 4 is 53.0 Å². The van der Waals surface area contributed by atoms with Gasteiger partial charge in [0.05, 0.1) is 39.4 Å². The number of methoxy groups -OCH3 is 1. The van der Waals surface area contributed by atoms with Crippen LogP contribution in [0.2, 0.25) is 0 Å². The number of anilines is 2. The Morgan fingerprint density at radius 2 is 1.05 bits per heavy atom. The van der Waals surface area contributed by atoms with Gasteiger partial charge in [-0.15, -0.1) is 22.7 Å². The van der Waals surface area contributed by atoms with Gasteiger partial charge in [-0.25, -0.2) is 26.8 Å². The molecule has 0 aliphatic carbocycles. The highest BCUT2D eigenvalue weighted by atomic mass is 32.2. The molecule has 346 valence electrons. The number of para-hydroxylation sites is 1. The molecule has 0 amide bonds. The maximum Gasteiger partial charge on any atom is 0.416 e. The van der Waals surface area contributed by atoms with E-state index in [0.29, 0.717) is 44.7 Å². The van der Waals surface area contributed by atoms with Crippen LogP contribution in [0.5, 0.6) is 5.75 Å². The molecule has 0 atom stereocenters. The molecule has 0 radical (unpaired) electrons. The summed E-state index contributed by atoms with van der Waals surface area (Å²) in [6, 6.07) is 23.7. The van der Waals surface area contributed by atoms with Crippen LogP contribution in [0.4, 0.5) is 36.6 Å². The Hall–Kier alpha value is -5.06. The number of piperazine rings is 2. The van der Waals surface area contributed by atoms with E-state index in [-0.39, 0.29) is 36.0 Å². The summed E-state index contributed by atoms with van der Waals surface area (Å²) in [6.07, 6.45) is -7.85. The summed E-state index contributed by atoms with van der Waals surface area (Å²) in [5, 5.41) is 5.58. The second-order valence-corrected chi connectivity index (χ2v) is 20.8. The van der Waals surface area contributed by atoms with Crippen molar-refractivity contribution in [3.05, 3.63) is 147 Å². The molecule has 2 saturated heterocycles. The minimum Gasteiger partial charge on any atom is -0.496 e. The Morgan fingerprint density at radius 1 is 0.585 bits per heavy atom. The first kappa shape index (κ1) is 47.9. The number of halogens is 6. The highest BCUT2D eigenvalue weighted by Crippen LogP contribution is 2.34. The minimum atomic E-state index is -4.60. The van der Waals surface area contributed by atoms with Crippen LogP contribution in [0.1, 0.15) is 39.2 Å². The highest BCUT2D eigenvalue weighted by molar-refractivity contribution is 7.89. The van der Waals surface area contributed by atoms with Gasteiger partial charge in [-0.1, -0.05) is 60.2 Å². The second kappa shape index (κ2) is 19.8. The molecule has 65 heavy (non-hydrogen) atoms. The molecule has 21 heteroatoms. The van der Waals surface area contributed by atoms with Gasteiger partial charge in [0, 0.05) is 81.5 Å². The van der Waals surface area contributed by atoms with Gasteiger partial charge >= 0.3 is 12.4 Å². The standard InChI is InChI=1S/C22H22F3N3O3S2.C22H22F3N3O2S2/c1-31-20-8-3-2-5-16(20)13-18-15-32-21(26-18)27-9-11-28(12-10-27)33(29,30)19-7-4-6-17(14-19)22(23,24)25;1-16-4-2-5-17(12-16)13-19-15-31-21(26-19)27-8-10-28(11-9-27)32(29,30)20-7-3-6-18(14-20)22(23,24)25/h2-8,14-15H,9-13H2,1H3;2-7,12,14-15H,8-11,13H2,1H3. The largest absolute Gasteiger partial charge is 0.496 e. The van der Waals surface area contributed by atoms with Gasteiger partial charge in [0.2, 0.25) is 20.0 Å². The quantitative estimate of drug-likeness (QED) is 0.118. The van der Waals surface area contributed by atoms with Crippen molar-refractivity contribution in [3.63, 3.8) is 0 Å². The molecule has 4 heterocycles. The predicted molar refractivity (Wildman–Crippen MR) is 239 cm³/mol. The Kier molecular flexibility index (Phi) is 14.6. The summed E-state index contributed by atoms with van der Waals surface area (Å²) in [5.74, 6) is 0.792. The van der Waals surface area contributed by atoms with Crippen molar-refractivity contribution in [1.82, 2.24) is 18.6 Å². The van der Waals surface area contributed by atoms with Crippen LogP contribution >= 0.6 is 22.7 Å². The van der Waals surface area contributed by atoms with Gasteiger partial charge in [-0.2, -0.15) is 35.0 Å². The molecule has 0 N–H and O–H groups in total. The molecule has 8 rings (SSSR count). The molecule has 2 aliphatic rings. The van der Waals surface area contributed by atoms with Crippen LogP contribution in [-0.2, 0) is 45.2 Å². The monoisotopic (exact) mass is 978 g/mol. The Bertz CT molecular complexity index is 2800. The first-order valence-corrected chi connectivity index (χ1v) is 24.9. The molecule has 0 unspecified atom stereocenters. The first-order valence-electron chi connectivity index (χ1n) is 20.2. The number of sulfonamides is 2. The fourth-order valence-electron chi connectivity index (χ4n) is 7.32. The molecule has 11 nitrogen and oxygen atoms in total. The van der Waals surface area contributed by atoms with Crippen molar-refractivity contribution in [1.29, 1.82) is 0 Å². The number of nitrogens with zero attached hydrogens (tertiary/aromatic N) is 6. The highest BCUT2D eigenvalue weighted by Gasteiger charge is 2.36. The molecule has 0 spiro atoms. The zero-order valence-electron chi connectivity index (χ0n) is 35.1. The van der Waals surface area contributed by atoms with Crippen molar-refractivity contribution in [2.45, 2.75) is 41.9 Å². The fraction of sp³-hybridized carbons (Fsp3) is 0.318. The summed E-state index contributed by atoms with van der Waals surface area (Å²) >= 11 is 2.99.